The monoisotopic (exact) mass is 307 g/mol. The van der Waals surface area contributed by atoms with Crippen LogP contribution < -0.4 is 0 Å². The Bertz CT molecular complexity index is 835. The molecular weight excluding hydrogens is 290 g/mol. The van der Waals surface area contributed by atoms with Crippen LogP contribution in [-0.2, 0) is 0 Å². The lowest BCUT2D eigenvalue weighted by Crippen LogP contribution is -2.07. The molecule has 2 aromatic heterocycles. The van der Waals surface area contributed by atoms with Crippen molar-refractivity contribution in [2.24, 2.45) is 0 Å². The number of phenolic OH excluding ortho intramolecular Hbond substituents is 1. The van der Waals surface area contributed by atoms with Gasteiger partial charge in [-0.1, -0.05) is 12.1 Å². The van der Waals surface area contributed by atoms with Gasteiger partial charge < -0.3 is 10.2 Å². The highest BCUT2D eigenvalue weighted by Gasteiger charge is 2.17. The average molecular weight is 307 g/mol. The first kappa shape index (κ1) is 15.1. The van der Waals surface area contributed by atoms with E-state index in [0.29, 0.717) is 22.6 Å². The van der Waals surface area contributed by atoms with Crippen LogP contribution in [0.4, 0.5) is 0 Å². The standard InChI is InChI=1S/C18H17N3O2/c1-11-6-7-13(16(22)9-11)17-12(2)10-15(20-21-17)18(23)14-5-3-4-8-19-14/h3-10,18,22-23H,1-2H3. The summed E-state index contributed by atoms with van der Waals surface area (Å²) in [7, 11) is 0. The first-order valence-electron chi connectivity index (χ1n) is 7.29. The minimum atomic E-state index is -0.928. The zero-order chi connectivity index (χ0) is 16.4. The van der Waals surface area contributed by atoms with Crippen LogP contribution in [0, 0.1) is 13.8 Å². The zero-order valence-electron chi connectivity index (χ0n) is 12.9. The molecule has 1 atom stereocenters. The summed E-state index contributed by atoms with van der Waals surface area (Å²) in [6, 6.07) is 12.5. The van der Waals surface area contributed by atoms with E-state index in [1.807, 2.05) is 32.0 Å². The van der Waals surface area contributed by atoms with Crippen molar-refractivity contribution < 1.29 is 10.2 Å². The van der Waals surface area contributed by atoms with E-state index in [0.717, 1.165) is 11.1 Å². The minimum absolute atomic E-state index is 0.167. The van der Waals surface area contributed by atoms with Crippen molar-refractivity contribution in [1.82, 2.24) is 15.2 Å². The van der Waals surface area contributed by atoms with Gasteiger partial charge in [0.15, 0.2) is 0 Å². The predicted molar refractivity (Wildman–Crippen MR) is 86.9 cm³/mol. The maximum atomic E-state index is 10.4. The predicted octanol–water partition coefficient (Wildman–Crippen LogP) is 2.94. The number of aromatic nitrogens is 3. The summed E-state index contributed by atoms with van der Waals surface area (Å²) in [5.74, 6) is 0.167. The molecule has 0 bridgehead atoms. The molecular formula is C18H17N3O2. The maximum absolute atomic E-state index is 10.4. The van der Waals surface area contributed by atoms with Gasteiger partial charge in [0.1, 0.15) is 11.9 Å². The molecule has 0 fully saturated rings. The number of aliphatic hydroxyl groups excluding tert-OH is 1. The fourth-order valence-corrected chi connectivity index (χ4v) is 2.44. The molecule has 1 aromatic carbocycles. The van der Waals surface area contributed by atoms with Crippen LogP contribution in [0.5, 0.6) is 5.75 Å². The van der Waals surface area contributed by atoms with Gasteiger partial charge in [0.25, 0.3) is 0 Å². The van der Waals surface area contributed by atoms with Crippen LogP contribution in [0.2, 0.25) is 0 Å². The van der Waals surface area contributed by atoms with Crippen molar-refractivity contribution in [1.29, 1.82) is 0 Å². The smallest absolute Gasteiger partial charge is 0.140 e. The maximum Gasteiger partial charge on any atom is 0.140 e. The van der Waals surface area contributed by atoms with Crippen molar-refractivity contribution in [2.45, 2.75) is 20.0 Å². The molecule has 0 saturated carbocycles. The van der Waals surface area contributed by atoms with Crippen LogP contribution in [0.15, 0.2) is 48.7 Å². The average Bonchev–Trinajstić information content (AvgIpc) is 2.55. The third-order valence-corrected chi connectivity index (χ3v) is 3.66. The van der Waals surface area contributed by atoms with Crippen LogP contribution in [-0.4, -0.2) is 25.4 Å². The second-order valence-corrected chi connectivity index (χ2v) is 5.48. The number of phenols is 1. The van der Waals surface area contributed by atoms with Crippen molar-refractivity contribution in [3.8, 4) is 17.0 Å². The van der Waals surface area contributed by atoms with Gasteiger partial charge in [-0.05, 0) is 55.3 Å². The van der Waals surface area contributed by atoms with Crippen molar-refractivity contribution in [2.75, 3.05) is 0 Å². The van der Waals surface area contributed by atoms with Crippen molar-refractivity contribution in [3.05, 3.63) is 71.2 Å². The Morgan fingerprint density at radius 3 is 2.43 bits per heavy atom. The van der Waals surface area contributed by atoms with E-state index in [1.165, 1.54) is 0 Å². The molecule has 0 aliphatic heterocycles. The Morgan fingerprint density at radius 2 is 1.78 bits per heavy atom. The van der Waals surface area contributed by atoms with E-state index in [4.69, 9.17) is 0 Å². The molecule has 5 nitrogen and oxygen atoms in total. The molecule has 0 aliphatic carbocycles. The number of aryl methyl sites for hydroxylation is 2. The number of hydrogen-bond acceptors (Lipinski definition) is 5. The van der Waals surface area contributed by atoms with Gasteiger partial charge >= 0.3 is 0 Å². The number of nitrogens with zero attached hydrogens (tertiary/aromatic N) is 3. The highest BCUT2D eigenvalue weighted by atomic mass is 16.3. The fraction of sp³-hybridized carbons (Fsp3) is 0.167. The Morgan fingerprint density at radius 1 is 0.957 bits per heavy atom. The van der Waals surface area contributed by atoms with Crippen LogP contribution in [0.3, 0.4) is 0 Å². The van der Waals surface area contributed by atoms with Gasteiger partial charge in [-0.25, -0.2) is 0 Å². The van der Waals surface area contributed by atoms with Gasteiger partial charge in [0.2, 0.25) is 0 Å². The van der Waals surface area contributed by atoms with Gasteiger partial charge in [-0.15, -0.1) is 5.10 Å². The highest BCUT2D eigenvalue weighted by molar-refractivity contribution is 5.69. The Balaban J connectivity index is 1.98. The second kappa shape index (κ2) is 6.14. The van der Waals surface area contributed by atoms with Gasteiger partial charge in [0.05, 0.1) is 17.1 Å². The lowest BCUT2D eigenvalue weighted by Gasteiger charge is -2.12. The lowest BCUT2D eigenvalue weighted by atomic mass is 10.0. The van der Waals surface area contributed by atoms with E-state index in [1.54, 1.807) is 30.5 Å². The van der Waals surface area contributed by atoms with Gasteiger partial charge in [-0.3, -0.25) is 4.98 Å². The zero-order valence-corrected chi connectivity index (χ0v) is 12.9. The quantitative estimate of drug-likeness (QED) is 0.777. The lowest BCUT2D eigenvalue weighted by molar-refractivity contribution is 0.209. The molecule has 2 N–H and O–H groups in total. The number of aliphatic hydroxyl groups is 1. The fourth-order valence-electron chi connectivity index (χ4n) is 2.44. The summed E-state index contributed by atoms with van der Waals surface area (Å²) < 4.78 is 0. The third-order valence-electron chi connectivity index (χ3n) is 3.66. The number of benzene rings is 1. The number of pyridine rings is 1. The Labute approximate surface area is 134 Å². The molecule has 0 spiro atoms. The normalized spacial score (nSPS) is 12.1. The molecule has 3 aromatic rings. The summed E-state index contributed by atoms with van der Waals surface area (Å²) in [4.78, 5) is 4.13. The molecule has 0 aliphatic rings. The Kier molecular flexibility index (Phi) is 4.04. The first-order chi connectivity index (χ1) is 11.1. The van der Waals surface area contributed by atoms with E-state index in [2.05, 4.69) is 15.2 Å². The van der Waals surface area contributed by atoms with Crippen LogP contribution in [0.25, 0.3) is 11.3 Å². The molecule has 23 heavy (non-hydrogen) atoms. The summed E-state index contributed by atoms with van der Waals surface area (Å²) in [5.41, 5.74) is 3.96. The summed E-state index contributed by atoms with van der Waals surface area (Å²) in [6.07, 6.45) is 0.695. The minimum Gasteiger partial charge on any atom is -0.507 e. The molecule has 3 rings (SSSR count). The SMILES string of the molecule is Cc1ccc(-c2nnc(C(O)c3ccccn3)cc2C)c(O)c1. The van der Waals surface area contributed by atoms with Gasteiger partial charge in [-0.2, -0.15) is 5.10 Å². The van der Waals surface area contributed by atoms with Crippen molar-refractivity contribution in [3.63, 3.8) is 0 Å². The van der Waals surface area contributed by atoms with E-state index >= 15 is 0 Å². The molecule has 2 heterocycles. The summed E-state index contributed by atoms with van der Waals surface area (Å²) in [6.45, 7) is 3.78. The molecule has 116 valence electrons. The van der Waals surface area contributed by atoms with E-state index in [-0.39, 0.29) is 5.75 Å². The molecule has 0 radical (unpaired) electrons. The van der Waals surface area contributed by atoms with Gasteiger partial charge in [0, 0.05) is 11.8 Å². The third kappa shape index (κ3) is 3.05. The molecule has 0 saturated heterocycles. The Hall–Kier alpha value is -2.79. The van der Waals surface area contributed by atoms with E-state index < -0.39 is 6.10 Å². The second-order valence-electron chi connectivity index (χ2n) is 5.48. The first-order valence-corrected chi connectivity index (χ1v) is 7.29. The number of hydrogen-bond donors (Lipinski definition) is 2. The van der Waals surface area contributed by atoms with E-state index in [9.17, 15) is 10.2 Å². The largest absolute Gasteiger partial charge is 0.507 e. The van der Waals surface area contributed by atoms with Crippen LogP contribution >= 0.6 is 0 Å². The summed E-state index contributed by atoms with van der Waals surface area (Å²) >= 11 is 0. The molecule has 0 amide bonds. The highest BCUT2D eigenvalue weighted by Crippen LogP contribution is 2.31. The summed E-state index contributed by atoms with van der Waals surface area (Å²) in [5, 5.41) is 28.7. The number of aromatic hydroxyl groups is 1. The van der Waals surface area contributed by atoms with Crippen molar-refractivity contribution >= 4 is 0 Å². The topological polar surface area (TPSA) is 79.1 Å². The molecule has 1 unspecified atom stereocenters. The number of rotatable bonds is 3. The molecule has 5 heteroatoms. The van der Waals surface area contributed by atoms with Crippen LogP contribution in [0.1, 0.15) is 28.6 Å².